The van der Waals surface area contributed by atoms with E-state index in [0.717, 1.165) is 0 Å². The summed E-state index contributed by atoms with van der Waals surface area (Å²) in [5.74, 6) is -0.542. The summed E-state index contributed by atoms with van der Waals surface area (Å²) >= 11 is 0. The summed E-state index contributed by atoms with van der Waals surface area (Å²) in [6.45, 7) is 5.82. The van der Waals surface area contributed by atoms with Gasteiger partial charge in [-0.3, -0.25) is 18.7 Å². The van der Waals surface area contributed by atoms with Gasteiger partial charge >= 0.3 is 11.7 Å². The molecule has 0 saturated heterocycles. The summed E-state index contributed by atoms with van der Waals surface area (Å²) in [7, 11) is 0. The van der Waals surface area contributed by atoms with Gasteiger partial charge in [0, 0.05) is 24.9 Å². The molecular formula is C13H20N2O4. The second-order valence-corrected chi connectivity index (χ2v) is 4.55. The summed E-state index contributed by atoms with van der Waals surface area (Å²) in [6, 6.07) is 0.0587. The molecule has 1 heterocycles. The first-order valence-electron chi connectivity index (χ1n) is 6.40. The zero-order valence-corrected chi connectivity index (χ0v) is 11.6. The van der Waals surface area contributed by atoms with Crippen molar-refractivity contribution in [2.75, 3.05) is 6.61 Å². The van der Waals surface area contributed by atoms with Gasteiger partial charge in [-0.2, -0.15) is 0 Å². The molecule has 0 aliphatic rings. The molecule has 6 heteroatoms. The zero-order chi connectivity index (χ0) is 14.4. The smallest absolute Gasteiger partial charge is 0.328 e. The van der Waals surface area contributed by atoms with Crippen LogP contribution in [0.5, 0.6) is 0 Å². The van der Waals surface area contributed by atoms with Crippen molar-refractivity contribution in [2.24, 2.45) is 0 Å². The predicted molar refractivity (Wildman–Crippen MR) is 70.0 cm³/mol. The number of aromatic nitrogens is 2. The van der Waals surface area contributed by atoms with Crippen molar-refractivity contribution >= 4 is 11.8 Å². The SMILES string of the molecule is CCOC(=O)CCC(=O)Cn1ccn(C(C)C)c1=O. The van der Waals surface area contributed by atoms with E-state index in [4.69, 9.17) is 4.74 Å². The highest BCUT2D eigenvalue weighted by Gasteiger charge is 2.11. The minimum absolute atomic E-state index is 0.00203. The third-order valence-corrected chi connectivity index (χ3v) is 2.69. The molecule has 0 bridgehead atoms. The topological polar surface area (TPSA) is 70.3 Å². The molecule has 0 aromatic carbocycles. The molecule has 1 rings (SSSR count). The molecule has 6 nitrogen and oxygen atoms in total. The maximum absolute atomic E-state index is 11.9. The van der Waals surface area contributed by atoms with Crippen LogP contribution in [0.15, 0.2) is 17.2 Å². The molecule has 0 fully saturated rings. The second-order valence-electron chi connectivity index (χ2n) is 4.55. The number of rotatable bonds is 7. The maximum atomic E-state index is 11.9. The normalized spacial score (nSPS) is 10.7. The molecule has 0 spiro atoms. The number of hydrogen-bond acceptors (Lipinski definition) is 4. The largest absolute Gasteiger partial charge is 0.466 e. The Bertz CT molecular complexity index is 499. The monoisotopic (exact) mass is 268 g/mol. The fourth-order valence-corrected chi connectivity index (χ4v) is 1.69. The van der Waals surface area contributed by atoms with Gasteiger partial charge in [0.1, 0.15) is 0 Å². The van der Waals surface area contributed by atoms with Gasteiger partial charge in [0.15, 0.2) is 5.78 Å². The fraction of sp³-hybridized carbons (Fsp3) is 0.615. The van der Waals surface area contributed by atoms with Crippen molar-refractivity contribution < 1.29 is 14.3 Å². The van der Waals surface area contributed by atoms with Crippen LogP contribution in [0.25, 0.3) is 0 Å². The summed E-state index contributed by atoms with van der Waals surface area (Å²) in [5.41, 5.74) is -0.209. The van der Waals surface area contributed by atoms with Crippen LogP contribution < -0.4 is 5.69 Å². The summed E-state index contributed by atoms with van der Waals surface area (Å²) in [6.07, 6.45) is 3.40. The Labute approximate surface area is 112 Å². The molecule has 0 atom stereocenters. The van der Waals surface area contributed by atoms with E-state index in [9.17, 15) is 14.4 Å². The fourth-order valence-electron chi connectivity index (χ4n) is 1.69. The Morgan fingerprint density at radius 3 is 2.47 bits per heavy atom. The molecule has 0 aliphatic heterocycles. The maximum Gasteiger partial charge on any atom is 0.328 e. The molecule has 1 aromatic rings. The molecule has 19 heavy (non-hydrogen) atoms. The number of nitrogens with zero attached hydrogens (tertiary/aromatic N) is 2. The van der Waals surface area contributed by atoms with E-state index in [1.807, 2.05) is 13.8 Å². The number of carbonyl (C=O) groups excluding carboxylic acids is 2. The van der Waals surface area contributed by atoms with Crippen molar-refractivity contribution in [3.05, 3.63) is 22.9 Å². The lowest BCUT2D eigenvalue weighted by molar-refractivity contribution is -0.144. The molecule has 1 aromatic heterocycles. The Morgan fingerprint density at radius 1 is 1.26 bits per heavy atom. The molecule has 106 valence electrons. The number of Topliss-reactive ketones (excluding diaryl/α,β-unsaturated/α-hetero) is 1. The first kappa shape index (κ1) is 15.2. The van der Waals surface area contributed by atoms with Gasteiger partial charge in [-0.05, 0) is 20.8 Å². The van der Waals surface area contributed by atoms with E-state index >= 15 is 0 Å². The van der Waals surface area contributed by atoms with Gasteiger partial charge < -0.3 is 4.74 Å². The van der Waals surface area contributed by atoms with E-state index in [0.29, 0.717) is 6.61 Å². The van der Waals surface area contributed by atoms with E-state index in [1.165, 1.54) is 4.57 Å². The minimum Gasteiger partial charge on any atom is -0.466 e. The van der Waals surface area contributed by atoms with Crippen LogP contribution in [0, 0.1) is 0 Å². The lowest BCUT2D eigenvalue weighted by Gasteiger charge is -2.05. The highest BCUT2D eigenvalue weighted by molar-refractivity contribution is 5.82. The number of hydrogen-bond donors (Lipinski definition) is 0. The van der Waals surface area contributed by atoms with E-state index in [1.54, 1.807) is 23.9 Å². The first-order chi connectivity index (χ1) is 8.95. The Balaban J connectivity index is 2.54. The average Bonchev–Trinajstić information content (AvgIpc) is 2.69. The summed E-state index contributed by atoms with van der Waals surface area (Å²) < 4.78 is 7.65. The average molecular weight is 268 g/mol. The number of esters is 1. The summed E-state index contributed by atoms with van der Waals surface area (Å²) in [5, 5.41) is 0. The van der Waals surface area contributed by atoms with Crippen LogP contribution in [0.1, 0.15) is 39.7 Å². The van der Waals surface area contributed by atoms with E-state index < -0.39 is 0 Å². The number of ether oxygens (including phenoxy) is 1. The molecule has 0 aliphatic carbocycles. The lowest BCUT2D eigenvalue weighted by Crippen LogP contribution is -2.27. The van der Waals surface area contributed by atoms with Crippen LogP contribution >= 0.6 is 0 Å². The zero-order valence-electron chi connectivity index (χ0n) is 11.6. The molecule has 0 unspecified atom stereocenters. The van der Waals surface area contributed by atoms with Crippen LogP contribution in [-0.2, 0) is 20.9 Å². The van der Waals surface area contributed by atoms with Crippen LogP contribution in [0.4, 0.5) is 0 Å². The Hall–Kier alpha value is -1.85. The number of imidazole rings is 1. The van der Waals surface area contributed by atoms with E-state index in [-0.39, 0.29) is 42.9 Å². The molecule has 0 amide bonds. The van der Waals surface area contributed by atoms with Crippen molar-refractivity contribution in [3.8, 4) is 0 Å². The van der Waals surface area contributed by atoms with Crippen LogP contribution in [-0.4, -0.2) is 27.5 Å². The second kappa shape index (κ2) is 6.92. The molecule has 0 N–H and O–H groups in total. The molecule has 0 saturated carbocycles. The quantitative estimate of drug-likeness (QED) is 0.695. The van der Waals surface area contributed by atoms with Gasteiger partial charge in [-0.1, -0.05) is 0 Å². The van der Waals surface area contributed by atoms with Gasteiger partial charge in [0.05, 0.1) is 19.6 Å². The molecule has 0 radical (unpaired) electrons. The Kier molecular flexibility index (Phi) is 5.54. The lowest BCUT2D eigenvalue weighted by atomic mass is 10.2. The highest BCUT2D eigenvalue weighted by atomic mass is 16.5. The highest BCUT2D eigenvalue weighted by Crippen LogP contribution is 2.01. The van der Waals surface area contributed by atoms with E-state index in [2.05, 4.69) is 0 Å². The van der Waals surface area contributed by atoms with Crippen molar-refractivity contribution in [1.82, 2.24) is 9.13 Å². The van der Waals surface area contributed by atoms with Gasteiger partial charge in [0.2, 0.25) is 0 Å². The standard InChI is InChI=1S/C13H20N2O4/c1-4-19-12(17)6-5-11(16)9-14-7-8-15(10(2)3)13(14)18/h7-8,10H,4-6,9H2,1-3H3. The van der Waals surface area contributed by atoms with Gasteiger partial charge in [0.25, 0.3) is 0 Å². The predicted octanol–water partition coefficient (Wildman–Crippen LogP) is 1.14. The third-order valence-electron chi connectivity index (χ3n) is 2.69. The number of ketones is 1. The first-order valence-corrected chi connectivity index (χ1v) is 6.40. The number of carbonyl (C=O) groups is 2. The van der Waals surface area contributed by atoms with Crippen LogP contribution in [0.2, 0.25) is 0 Å². The third kappa shape index (κ3) is 4.39. The van der Waals surface area contributed by atoms with Crippen molar-refractivity contribution in [3.63, 3.8) is 0 Å². The Morgan fingerprint density at radius 2 is 1.95 bits per heavy atom. The van der Waals surface area contributed by atoms with Crippen LogP contribution in [0.3, 0.4) is 0 Å². The van der Waals surface area contributed by atoms with Crippen molar-refractivity contribution in [1.29, 1.82) is 0 Å². The minimum atomic E-state index is -0.386. The summed E-state index contributed by atoms with van der Waals surface area (Å²) in [4.78, 5) is 34.7. The van der Waals surface area contributed by atoms with Gasteiger partial charge in [-0.15, -0.1) is 0 Å². The molecular weight excluding hydrogens is 248 g/mol. The van der Waals surface area contributed by atoms with Crippen molar-refractivity contribution in [2.45, 2.75) is 46.2 Å². The van der Waals surface area contributed by atoms with Gasteiger partial charge in [-0.25, -0.2) is 4.79 Å².